The summed E-state index contributed by atoms with van der Waals surface area (Å²) in [6, 6.07) is 8.34. The topological polar surface area (TPSA) is 50.7 Å². The fourth-order valence-corrected chi connectivity index (χ4v) is 3.20. The van der Waals surface area contributed by atoms with Crippen LogP contribution in [0.3, 0.4) is 0 Å². The van der Waals surface area contributed by atoms with E-state index in [2.05, 4.69) is 27.4 Å². The van der Waals surface area contributed by atoms with E-state index < -0.39 is 0 Å². The summed E-state index contributed by atoms with van der Waals surface area (Å²) in [5, 5.41) is 12.0. The molecule has 3 rings (SSSR count). The van der Waals surface area contributed by atoms with Crippen molar-refractivity contribution in [2.45, 2.75) is 51.5 Å². The zero-order valence-corrected chi connectivity index (χ0v) is 12.0. The molecule has 1 unspecified atom stereocenters. The van der Waals surface area contributed by atoms with Crippen LogP contribution in [0.2, 0.25) is 0 Å². The molecule has 2 aromatic rings. The fourth-order valence-electron chi connectivity index (χ4n) is 3.20. The van der Waals surface area contributed by atoms with Gasteiger partial charge in [0.05, 0.1) is 5.52 Å². The Morgan fingerprint density at radius 2 is 1.85 bits per heavy atom. The number of fused-ring (bicyclic) bond motifs is 1. The van der Waals surface area contributed by atoms with E-state index in [1.54, 1.807) is 0 Å². The van der Waals surface area contributed by atoms with Gasteiger partial charge < -0.3 is 5.32 Å². The second-order valence-corrected chi connectivity index (χ2v) is 5.68. The van der Waals surface area contributed by atoms with E-state index in [-0.39, 0.29) is 0 Å². The summed E-state index contributed by atoms with van der Waals surface area (Å²) in [7, 11) is 0. The lowest BCUT2D eigenvalue weighted by molar-refractivity contribution is 0.312. The van der Waals surface area contributed by atoms with Crippen LogP contribution in [0.5, 0.6) is 0 Å². The van der Waals surface area contributed by atoms with Gasteiger partial charge in [-0.25, -0.2) is 4.98 Å². The molecule has 20 heavy (non-hydrogen) atoms. The molecule has 0 radical (unpaired) electrons. The predicted octanol–water partition coefficient (Wildman–Crippen LogP) is 3.80. The highest BCUT2D eigenvalue weighted by Gasteiger charge is 2.22. The van der Waals surface area contributed by atoms with Gasteiger partial charge >= 0.3 is 0 Å². The second-order valence-electron chi connectivity index (χ2n) is 5.68. The molecule has 0 amide bonds. The van der Waals surface area contributed by atoms with E-state index in [0.29, 0.717) is 12.0 Å². The minimum absolute atomic E-state index is 0.471. The number of benzene rings is 1. The number of nitrogens with zero attached hydrogens (tertiary/aromatic N) is 3. The maximum absolute atomic E-state index is 4.57. The van der Waals surface area contributed by atoms with Crippen LogP contribution >= 0.6 is 0 Å². The van der Waals surface area contributed by atoms with E-state index in [0.717, 1.165) is 23.4 Å². The number of hydrogen-bond donors (Lipinski definition) is 1. The van der Waals surface area contributed by atoms with E-state index in [1.165, 1.54) is 32.1 Å². The Morgan fingerprint density at radius 3 is 2.60 bits per heavy atom. The maximum atomic E-state index is 4.57. The molecule has 1 aromatic carbocycles. The third-order valence-electron chi connectivity index (χ3n) is 4.33. The third-order valence-corrected chi connectivity index (χ3v) is 4.33. The van der Waals surface area contributed by atoms with Crippen molar-refractivity contribution in [1.82, 2.24) is 15.2 Å². The van der Waals surface area contributed by atoms with Crippen LogP contribution in [-0.2, 0) is 0 Å². The van der Waals surface area contributed by atoms with Crippen molar-refractivity contribution in [3.63, 3.8) is 0 Å². The van der Waals surface area contributed by atoms with Gasteiger partial charge in [-0.2, -0.15) is 0 Å². The van der Waals surface area contributed by atoms with Crippen molar-refractivity contribution >= 4 is 17.0 Å². The quantitative estimate of drug-likeness (QED) is 0.918. The van der Waals surface area contributed by atoms with Crippen LogP contribution in [0.25, 0.3) is 11.0 Å². The smallest absolute Gasteiger partial charge is 0.243 e. The molecule has 0 bridgehead atoms. The number of rotatable bonds is 4. The Morgan fingerprint density at radius 1 is 1.10 bits per heavy atom. The molecular weight excluding hydrogens is 248 g/mol. The highest BCUT2D eigenvalue weighted by molar-refractivity contribution is 5.74. The maximum Gasteiger partial charge on any atom is 0.243 e. The van der Waals surface area contributed by atoms with Gasteiger partial charge in [0.25, 0.3) is 0 Å². The number of anilines is 1. The van der Waals surface area contributed by atoms with Gasteiger partial charge in [-0.1, -0.05) is 38.3 Å². The lowest BCUT2D eigenvalue weighted by atomic mass is 9.83. The summed E-state index contributed by atoms with van der Waals surface area (Å²) in [5.74, 6) is 1.42. The molecule has 1 aliphatic carbocycles. The van der Waals surface area contributed by atoms with Gasteiger partial charge in [0.1, 0.15) is 5.52 Å². The van der Waals surface area contributed by atoms with E-state index in [9.17, 15) is 0 Å². The average molecular weight is 270 g/mol. The first-order valence-electron chi connectivity index (χ1n) is 7.73. The average Bonchev–Trinajstić information content (AvgIpc) is 2.53. The first-order chi connectivity index (χ1) is 9.86. The number of nitrogens with one attached hydrogen (secondary N) is 1. The van der Waals surface area contributed by atoms with Crippen molar-refractivity contribution in [3.8, 4) is 0 Å². The third kappa shape index (κ3) is 2.89. The molecule has 1 saturated carbocycles. The van der Waals surface area contributed by atoms with Crippen LogP contribution in [0, 0.1) is 5.92 Å². The summed E-state index contributed by atoms with van der Waals surface area (Å²) in [4.78, 5) is 4.57. The van der Waals surface area contributed by atoms with Crippen molar-refractivity contribution in [2.75, 3.05) is 5.32 Å². The second kappa shape index (κ2) is 6.16. The molecule has 1 N–H and O–H groups in total. The normalized spacial score (nSPS) is 18.1. The molecule has 1 heterocycles. The van der Waals surface area contributed by atoms with Crippen LogP contribution < -0.4 is 5.32 Å². The SMILES string of the molecule is CCC(Nc1nnc2ccccc2n1)C1CCCCC1. The molecule has 0 aliphatic heterocycles. The fraction of sp³-hybridized carbons (Fsp3) is 0.562. The molecular formula is C16H22N4. The van der Waals surface area contributed by atoms with Crippen LogP contribution in [0.1, 0.15) is 45.4 Å². The zero-order valence-electron chi connectivity index (χ0n) is 12.0. The molecule has 0 saturated heterocycles. The largest absolute Gasteiger partial charge is 0.350 e. The standard InChI is InChI=1S/C16H22N4/c1-2-13(12-8-4-3-5-9-12)17-16-18-14-10-6-7-11-15(14)19-20-16/h6-7,10-13H,2-5,8-9H2,1H3,(H,17,18,20). The van der Waals surface area contributed by atoms with Gasteiger partial charge in [0.15, 0.2) is 0 Å². The molecule has 4 nitrogen and oxygen atoms in total. The van der Waals surface area contributed by atoms with Gasteiger partial charge in [-0.15, -0.1) is 10.2 Å². The zero-order chi connectivity index (χ0) is 13.8. The van der Waals surface area contributed by atoms with Crippen molar-refractivity contribution in [1.29, 1.82) is 0 Å². The van der Waals surface area contributed by atoms with Crippen molar-refractivity contribution in [3.05, 3.63) is 24.3 Å². The highest BCUT2D eigenvalue weighted by Crippen LogP contribution is 2.29. The summed E-state index contributed by atoms with van der Waals surface area (Å²) in [6.07, 6.45) is 7.88. The Kier molecular flexibility index (Phi) is 4.09. The van der Waals surface area contributed by atoms with E-state index >= 15 is 0 Å². The molecule has 1 fully saturated rings. The lowest BCUT2D eigenvalue weighted by Gasteiger charge is -2.30. The highest BCUT2D eigenvalue weighted by atomic mass is 15.2. The molecule has 4 heteroatoms. The minimum Gasteiger partial charge on any atom is -0.350 e. The van der Waals surface area contributed by atoms with Crippen molar-refractivity contribution in [2.24, 2.45) is 5.92 Å². The molecule has 106 valence electrons. The Bertz CT molecular complexity index is 563. The molecule has 1 aromatic heterocycles. The number of aromatic nitrogens is 3. The van der Waals surface area contributed by atoms with Crippen LogP contribution in [0.15, 0.2) is 24.3 Å². The van der Waals surface area contributed by atoms with Crippen LogP contribution in [-0.4, -0.2) is 21.2 Å². The van der Waals surface area contributed by atoms with Crippen LogP contribution in [0.4, 0.5) is 5.95 Å². The molecule has 1 aliphatic rings. The molecule has 0 spiro atoms. The summed E-state index contributed by atoms with van der Waals surface area (Å²) in [5.41, 5.74) is 1.76. The Labute approximate surface area is 120 Å². The minimum atomic E-state index is 0.471. The Hall–Kier alpha value is -1.71. The summed E-state index contributed by atoms with van der Waals surface area (Å²) >= 11 is 0. The Balaban J connectivity index is 1.76. The van der Waals surface area contributed by atoms with Gasteiger partial charge in [-0.3, -0.25) is 0 Å². The number of hydrogen-bond acceptors (Lipinski definition) is 4. The van der Waals surface area contributed by atoms with Gasteiger partial charge in [0.2, 0.25) is 5.95 Å². The monoisotopic (exact) mass is 270 g/mol. The first kappa shape index (κ1) is 13.3. The van der Waals surface area contributed by atoms with E-state index in [1.807, 2.05) is 24.3 Å². The van der Waals surface area contributed by atoms with Crippen molar-refractivity contribution < 1.29 is 0 Å². The van der Waals surface area contributed by atoms with Gasteiger partial charge in [-0.05, 0) is 37.3 Å². The molecule has 1 atom stereocenters. The first-order valence-corrected chi connectivity index (χ1v) is 7.73. The lowest BCUT2D eigenvalue weighted by Crippen LogP contribution is -2.31. The summed E-state index contributed by atoms with van der Waals surface area (Å²) in [6.45, 7) is 2.24. The van der Waals surface area contributed by atoms with Gasteiger partial charge in [0, 0.05) is 6.04 Å². The number of para-hydroxylation sites is 1. The van der Waals surface area contributed by atoms with E-state index in [4.69, 9.17) is 0 Å². The summed E-state index contributed by atoms with van der Waals surface area (Å²) < 4.78 is 0. The predicted molar refractivity (Wildman–Crippen MR) is 81.6 cm³/mol.